The van der Waals surface area contributed by atoms with Crippen LogP contribution < -0.4 is 5.32 Å². The predicted octanol–water partition coefficient (Wildman–Crippen LogP) is 3.08. The lowest BCUT2D eigenvalue weighted by molar-refractivity contribution is -0.384. The molecule has 1 rings (SSSR count). The smallest absolute Gasteiger partial charge is 0.295 e. The Balaban J connectivity index is 2.97. The number of nitrogens with one attached hydrogen (secondary N) is 1. The Bertz CT molecular complexity index is 505. The molecule has 0 saturated heterocycles. The van der Waals surface area contributed by atoms with Crippen LogP contribution in [0, 0.1) is 27.7 Å². The summed E-state index contributed by atoms with van der Waals surface area (Å²) in [5, 5.41) is 23.3. The minimum atomic E-state index is -1.32. The van der Waals surface area contributed by atoms with Gasteiger partial charge in [-0.2, -0.15) is 0 Å². The molecule has 0 aliphatic rings. The van der Waals surface area contributed by atoms with Crippen molar-refractivity contribution in [1.82, 2.24) is 0 Å². The second kappa shape index (κ2) is 6.13. The quantitative estimate of drug-likeness (QED) is 0.623. The summed E-state index contributed by atoms with van der Waals surface area (Å²) in [6.07, 6.45) is 0.421. The van der Waals surface area contributed by atoms with Crippen molar-refractivity contribution < 1.29 is 18.8 Å². The Morgan fingerprint density at radius 1 is 1.45 bits per heavy atom. The molecule has 1 aromatic carbocycles. The molecule has 5 nitrogen and oxygen atoms in total. The van der Waals surface area contributed by atoms with Gasteiger partial charge in [0, 0.05) is 12.6 Å². The van der Waals surface area contributed by atoms with Crippen LogP contribution in [0.1, 0.15) is 27.2 Å². The van der Waals surface area contributed by atoms with Gasteiger partial charge in [0.2, 0.25) is 0 Å². The monoisotopic (exact) mass is 288 g/mol. The number of halogens is 2. The van der Waals surface area contributed by atoms with Crippen LogP contribution in [0.4, 0.5) is 20.2 Å². The molecular formula is C13H18F2N2O3. The van der Waals surface area contributed by atoms with Crippen LogP contribution in [0.2, 0.25) is 0 Å². The van der Waals surface area contributed by atoms with E-state index in [9.17, 15) is 24.0 Å². The fourth-order valence-corrected chi connectivity index (χ4v) is 2.09. The third kappa shape index (κ3) is 4.12. The predicted molar refractivity (Wildman–Crippen MR) is 71.6 cm³/mol. The summed E-state index contributed by atoms with van der Waals surface area (Å²) < 4.78 is 26.8. The minimum absolute atomic E-state index is 0.119. The first-order valence-electron chi connectivity index (χ1n) is 6.22. The lowest BCUT2D eigenvalue weighted by Gasteiger charge is -2.26. The first-order valence-corrected chi connectivity index (χ1v) is 6.22. The third-order valence-electron chi connectivity index (χ3n) is 2.76. The zero-order chi connectivity index (χ0) is 15.5. The molecule has 0 spiro atoms. The van der Waals surface area contributed by atoms with Crippen LogP contribution in [0.3, 0.4) is 0 Å². The van der Waals surface area contributed by atoms with Crippen LogP contribution in [0.25, 0.3) is 0 Å². The number of nitro benzene ring substituents is 1. The molecule has 0 saturated carbocycles. The van der Waals surface area contributed by atoms with E-state index in [-0.39, 0.29) is 12.5 Å². The average Bonchev–Trinajstić information content (AvgIpc) is 2.28. The molecule has 0 fully saturated rings. The maximum Gasteiger partial charge on any atom is 0.295 e. The summed E-state index contributed by atoms with van der Waals surface area (Å²) >= 11 is 0. The Kier molecular flexibility index (Phi) is 4.99. The van der Waals surface area contributed by atoms with Gasteiger partial charge in [-0.1, -0.05) is 13.8 Å². The molecule has 20 heavy (non-hydrogen) atoms. The molecule has 0 amide bonds. The summed E-state index contributed by atoms with van der Waals surface area (Å²) in [4.78, 5) is 10.00. The fraction of sp³-hybridized carbons (Fsp3) is 0.538. The number of hydrogen-bond donors (Lipinski definition) is 2. The Morgan fingerprint density at radius 2 is 2.05 bits per heavy atom. The SMILES string of the molecule is CC(C)CC(C)(O)CNc1c([N+](=O)[O-])ccc(F)c1F. The second-order valence-electron chi connectivity index (χ2n) is 5.46. The third-order valence-corrected chi connectivity index (χ3v) is 2.76. The Morgan fingerprint density at radius 3 is 2.55 bits per heavy atom. The first-order chi connectivity index (χ1) is 9.14. The molecule has 0 aliphatic heterocycles. The van der Waals surface area contributed by atoms with E-state index in [2.05, 4.69) is 5.32 Å². The highest BCUT2D eigenvalue weighted by Crippen LogP contribution is 2.30. The Hall–Kier alpha value is -1.76. The minimum Gasteiger partial charge on any atom is -0.388 e. The zero-order valence-corrected chi connectivity index (χ0v) is 11.6. The van der Waals surface area contributed by atoms with Crippen molar-refractivity contribution in [3.8, 4) is 0 Å². The van der Waals surface area contributed by atoms with Gasteiger partial charge in [0.25, 0.3) is 5.69 Å². The normalized spacial score (nSPS) is 14.2. The number of benzene rings is 1. The van der Waals surface area contributed by atoms with Crippen molar-refractivity contribution in [2.75, 3.05) is 11.9 Å². The van der Waals surface area contributed by atoms with Gasteiger partial charge in [0.05, 0.1) is 10.5 Å². The molecule has 0 aromatic heterocycles. The molecule has 1 aromatic rings. The zero-order valence-electron chi connectivity index (χ0n) is 11.6. The van der Waals surface area contributed by atoms with E-state index in [0.29, 0.717) is 12.5 Å². The van der Waals surface area contributed by atoms with Crippen molar-refractivity contribution in [3.63, 3.8) is 0 Å². The van der Waals surface area contributed by atoms with Crippen LogP contribution >= 0.6 is 0 Å². The molecule has 0 heterocycles. The molecule has 0 aliphatic carbocycles. The van der Waals surface area contributed by atoms with E-state index in [0.717, 1.165) is 6.07 Å². The van der Waals surface area contributed by atoms with E-state index in [1.54, 1.807) is 0 Å². The van der Waals surface area contributed by atoms with Crippen molar-refractivity contribution in [1.29, 1.82) is 0 Å². The van der Waals surface area contributed by atoms with Gasteiger partial charge in [0.15, 0.2) is 17.3 Å². The number of aliphatic hydroxyl groups is 1. The standard InChI is InChI=1S/C13H18F2N2O3/c1-8(2)6-13(3,18)7-16-12-10(17(19)20)5-4-9(14)11(12)15/h4-5,8,16,18H,6-7H2,1-3H3. The topological polar surface area (TPSA) is 75.4 Å². The number of nitro groups is 1. The van der Waals surface area contributed by atoms with E-state index >= 15 is 0 Å². The Labute approximate surface area is 115 Å². The van der Waals surface area contributed by atoms with Gasteiger partial charge < -0.3 is 10.4 Å². The van der Waals surface area contributed by atoms with Gasteiger partial charge in [-0.05, 0) is 25.3 Å². The average molecular weight is 288 g/mol. The van der Waals surface area contributed by atoms with Crippen LogP contribution in [0.15, 0.2) is 12.1 Å². The van der Waals surface area contributed by atoms with Gasteiger partial charge in [-0.25, -0.2) is 8.78 Å². The molecule has 112 valence electrons. The number of hydrogen-bond acceptors (Lipinski definition) is 4. The molecule has 0 radical (unpaired) electrons. The maximum atomic E-state index is 13.6. The van der Waals surface area contributed by atoms with E-state index in [4.69, 9.17) is 0 Å². The molecule has 2 N–H and O–H groups in total. The first kappa shape index (κ1) is 16.3. The van der Waals surface area contributed by atoms with Gasteiger partial charge in [-0.3, -0.25) is 10.1 Å². The van der Waals surface area contributed by atoms with Gasteiger partial charge in [-0.15, -0.1) is 0 Å². The van der Waals surface area contributed by atoms with Gasteiger partial charge in [0.1, 0.15) is 0 Å². The molecule has 1 atom stereocenters. The second-order valence-corrected chi connectivity index (χ2v) is 5.46. The van der Waals surface area contributed by atoms with Gasteiger partial charge >= 0.3 is 0 Å². The summed E-state index contributed by atoms with van der Waals surface area (Å²) in [6.45, 7) is 5.22. The van der Waals surface area contributed by atoms with Crippen molar-refractivity contribution in [3.05, 3.63) is 33.9 Å². The van der Waals surface area contributed by atoms with E-state index < -0.39 is 33.5 Å². The van der Waals surface area contributed by atoms with E-state index in [1.807, 2.05) is 13.8 Å². The molecular weight excluding hydrogens is 270 g/mol. The highest BCUT2D eigenvalue weighted by Gasteiger charge is 2.26. The summed E-state index contributed by atoms with van der Waals surface area (Å²) in [6, 6.07) is 1.59. The number of rotatable bonds is 6. The number of nitrogens with zero attached hydrogens (tertiary/aromatic N) is 1. The van der Waals surface area contributed by atoms with Crippen LogP contribution in [-0.2, 0) is 0 Å². The van der Waals surface area contributed by atoms with E-state index in [1.165, 1.54) is 6.92 Å². The lowest BCUT2D eigenvalue weighted by atomic mass is 9.94. The summed E-state index contributed by atoms with van der Waals surface area (Å²) in [5.74, 6) is -2.31. The fourth-order valence-electron chi connectivity index (χ4n) is 2.09. The van der Waals surface area contributed by atoms with Crippen LogP contribution in [0.5, 0.6) is 0 Å². The summed E-state index contributed by atoms with van der Waals surface area (Å²) in [5.41, 5.74) is -2.29. The summed E-state index contributed by atoms with van der Waals surface area (Å²) in [7, 11) is 0. The maximum absolute atomic E-state index is 13.6. The van der Waals surface area contributed by atoms with Crippen molar-refractivity contribution in [2.45, 2.75) is 32.8 Å². The van der Waals surface area contributed by atoms with Crippen LogP contribution in [-0.4, -0.2) is 22.2 Å². The molecule has 0 bridgehead atoms. The highest BCUT2D eigenvalue weighted by atomic mass is 19.2. The molecule has 7 heteroatoms. The van der Waals surface area contributed by atoms with Crippen molar-refractivity contribution >= 4 is 11.4 Å². The number of anilines is 1. The lowest BCUT2D eigenvalue weighted by Crippen LogP contribution is -2.35. The largest absolute Gasteiger partial charge is 0.388 e. The molecule has 1 unspecified atom stereocenters. The van der Waals surface area contributed by atoms with Crippen molar-refractivity contribution in [2.24, 2.45) is 5.92 Å². The highest BCUT2D eigenvalue weighted by molar-refractivity contribution is 5.62.